The molecule has 0 saturated carbocycles. The maximum Gasteiger partial charge on any atom is 0.221 e. The number of anilines is 2. The standard InChI is InChI=1S/C12H16N2O4S/c1-8(15)13-9-2-4-10(5-3-9)14-11-6-19(17,18)7-12(11)16/h2-5,11-12,14,16H,6-7H2,1H3,(H,13,15). The summed E-state index contributed by atoms with van der Waals surface area (Å²) in [7, 11) is -3.16. The minimum absolute atomic E-state index is 0.0678. The maximum absolute atomic E-state index is 11.4. The lowest BCUT2D eigenvalue weighted by atomic mass is 10.2. The van der Waals surface area contributed by atoms with Crippen LogP contribution in [0.2, 0.25) is 0 Å². The van der Waals surface area contributed by atoms with Crippen molar-refractivity contribution < 1.29 is 18.3 Å². The van der Waals surface area contributed by atoms with Crippen LogP contribution in [0.25, 0.3) is 0 Å². The lowest BCUT2D eigenvalue weighted by Gasteiger charge is -2.16. The van der Waals surface area contributed by atoms with Gasteiger partial charge in [-0.15, -0.1) is 0 Å². The highest BCUT2D eigenvalue weighted by Crippen LogP contribution is 2.19. The van der Waals surface area contributed by atoms with Crippen molar-refractivity contribution in [1.82, 2.24) is 0 Å². The second-order valence-electron chi connectivity index (χ2n) is 4.65. The Morgan fingerprint density at radius 2 is 1.79 bits per heavy atom. The summed E-state index contributed by atoms with van der Waals surface area (Å²) in [4.78, 5) is 10.9. The molecule has 104 valence electrons. The number of hydrogen-bond donors (Lipinski definition) is 3. The van der Waals surface area contributed by atoms with Crippen LogP contribution in [0, 0.1) is 0 Å². The SMILES string of the molecule is CC(=O)Nc1ccc(NC2CS(=O)(=O)CC2O)cc1. The molecule has 0 aliphatic carbocycles. The number of benzene rings is 1. The minimum atomic E-state index is -3.16. The molecule has 1 fully saturated rings. The first-order valence-electron chi connectivity index (χ1n) is 5.88. The molecule has 7 heteroatoms. The number of carbonyl (C=O) groups excluding carboxylic acids is 1. The summed E-state index contributed by atoms with van der Waals surface area (Å²) in [6.45, 7) is 1.42. The molecule has 0 spiro atoms. The highest BCUT2D eigenvalue weighted by molar-refractivity contribution is 7.91. The number of sulfone groups is 1. The molecule has 2 atom stereocenters. The number of aliphatic hydroxyl groups excluding tert-OH is 1. The van der Waals surface area contributed by atoms with Crippen LogP contribution in [0.1, 0.15) is 6.92 Å². The maximum atomic E-state index is 11.4. The molecule has 6 nitrogen and oxygen atoms in total. The van der Waals surface area contributed by atoms with Gasteiger partial charge in [-0.2, -0.15) is 0 Å². The monoisotopic (exact) mass is 284 g/mol. The molecule has 0 radical (unpaired) electrons. The van der Waals surface area contributed by atoms with E-state index in [0.29, 0.717) is 11.4 Å². The van der Waals surface area contributed by atoms with Gasteiger partial charge in [-0.25, -0.2) is 8.42 Å². The van der Waals surface area contributed by atoms with Gasteiger partial charge in [0.05, 0.1) is 23.7 Å². The van der Waals surface area contributed by atoms with Crippen molar-refractivity contribution in [2.24, 2.45) is 0 Å². The van der Waals surface area contributed by atoms with E-state index in [0.717, 1.165) is 0 Å². The second kappa shape index (κ2) is 5.18. The average Bonchev–Trinajstić information content (AvgIpc) is 2.54. The third kappa shape index (κ3) is 3.68. The quantitative estimate of drug-likeness (QED) is 0.737. The fourth-order valence-corrected chi connectivity index (χ4v) is 3.78. The zero-order valence-corrected chi connectivity index (χ0v) is 11.3. The Hall–Kier alpha value is -1.60. The molecule has 1 amide bonds. The predicted octanol–water partition coefficient (Wildman–Crippen LogP) is 0.215. The van der Waals surface area contributed by atoms with Crippen LogP contribution in [0.4, 0.5) is 11.4 Å². The third-order valence-electron chi connectivity index (χ3n) is 2.88. The van der Waals surface area contributed by atoms with Gasteiger partial charge in [-0.1, -0.05) is 0 Å². The third-order valence-corrected chi connectivity index (χ3v) is 4.60. The molecule has 1 heterocycles. The molecule has 1 aromatic rings. The number of carbonyl (C=O) groups is 1. The molecule has 3 N–H and O–H groups in total. The van der Waals surface area contributed by atoms with Gasteiger partial charge in [0.15, 0.2) is 9.84 Å². The molecule has 0 bridgehead atoms. The van der Waals surface area contributed by atoms with E-state index in [1.807, 2.05) is 0 Å². The van der Waals surface area contributed by atoms with Gasteiger partial charge in [0.1, 0.15) is 0 Å². The summed E-state index contributed by atoms with van der Waals surface area (Å²) in [6.07, 6.45) is -0.889. The summed E-state index contributed by atoms with van der Waals surface area (Å²) in [5.41, 5.74) is 1.37. The topological polar surface area (TPSA) is 95.5 Å². The van der Waals surface area contributed by atoms with E-state index in [1.165, 1.54) is 6.92 Å². The molecule has 2 unspecified atom stereocenters. The molecule has 1 aliphatic rings. The molecule has 0 aromatic heterocycles. The smallest absolute Gasteiger partial charge is 0.221 e. The van der Waals surface area contributed by atoms with Crippen molar-refractivity contribution in [3.63, 3.8) is 0 Å². The van der Waals surface area contributed by atoms with Crippen molar-refractivity contribution in [2.75, 3.05) is 22.1 Å². The Morgan fingerprint density at radius 1 is 1.21 bits per heavy atom. The van der Waals surface area contributed by atoms with Gasteiger partial charge >= 0.3 is 0 Å². The predicted molar refractivity (Wildman–Crippen MR) is 72.8 cm³/mol. The van der Waals surface area contributed by atoms with Gasteiger partial charge < -0.3 is 15.7 Å². The molecule has 1 aromatic carbocycles. The molecule has 1 aliphatic heterocycles. The Kier molecular flexibility index (Phi) is 3.77. The average molecular weight is 284 g/mol. The molecule has 2 rings (SSSR count). The van der Waals surface area contributed by atoms with Gasteiger partial charge in [0.2, 0.25) is 5.91 Å². The first-order chi connectivity index (χ1) is 8.85. The van der Waals surface area contributed by atoms with Gasteiger partial charge in [-0.3, -0.25) is 4.79 Å². The van der Waals surface area contributed by atoms with Crippen molar-refractivity contribution in [3.05, 3.63) is 24.3 Å². The molecule has 1 saturated heterocycles. The van der Waals surface area contributed by atoms with Crippen LogP contribution < -0.4 is 10.6 Å². The van der Waals surface area contributed by atoms with E-state index >= 15 is 0 Å². The summed E-state index contributed by atoms with van der Waals surface area (Å²) in [6, 6.07) is 6.38. The van der Waals surface area contributed by atoms with Gasteiger partial charge in [-0.05, 0) is 24.3 Å². The van der Waals surface area contributed by atoms with E-state index in [-0.39, 0.29) is 17.4 Å². The van der Waals surface area contributed by atoms with Crippen molar-refractivity contribution in [1.29, 1.82) is 0 Å². The number of hydrogen-bond acceptors (Lipinski definition) is 5. The minimum Gasteiger partial charge on any atom is -0.390 e. The van der Waals surface area contributed by atoms with Crippen molar-refractivity contribution >= 4 is 27.1 Å². The summed E-state index contributed by atoms with van der Waals surface area (Å²) >= 11 is 0. The van der Waals surface area contributed by atoms with Crippen molar-refractivity contribution in [3.8, 4) is 0 Å². The largest absolute Gasteiger partial charge is 0.390 e. The molecular formula is C12H16N2O4S. The second-order valence-corrected chi connectivity index (χ2v) is 6.81. The first kappa shape index (κ1) is 13.8. The number of amides is 1. The van der Waals surface area contributed by atoms with Gasteiger partial charge in [0.25, 0.3) is 0 Å². The van der Waals surface area contributed by atoms with Crippen LogP contribution in [0.3, 0.4) is 0 Å². The summed E-state index contributed by atoms with van der Waals surface area (Å²) < 4.78 is 22.7. The highest BCUT2D eigenvalue weighted by Gasteiger charge is 2.36. The van der Waals surface area contributed by atoms with E-state index in [1.54, 1.807) is 24.3 Å². The summed E-state index contributed by atoms with van der Waals surface area (Å²) in [5.74, 6) is -0.422. The lowest BCUT2D eigenvalue weighted by Crippen LogP contribution is -2.31. The number of aliphatic hydroxyl groups is 1. The Morgan fingerprint density at radius 3 is 2.26 bits per heavy atom. The van der Waals surface area contributed by atoms with Gasteiger partial charge in [0, 0.05) is 18.3 Å². The highest BCUT2D eigenvalue weighted by atomic mass is 32.2. The molecule has 19 heavy (non-hydrogen) atoms. The fourth-order valence-electron chi connectivity index (χ4n) is 2.03. The summed E-state index contributed by atoms with van der Waals surface area (Å²) in [5, 5.41) is 15.3. The van der Waals surface area contributed by atoms with Crippen LogP contribution in [0.5, 0.6) is 0 Å². The van der Waals surface area contributed by atoms with Crippen LogP contribution >= 0.6 is 0 Å². The Bertz CT molecular complexity index is 568. The Balaban J connectivity index is 2.02. The van der Waals surface area contributed by atoms with Crippen LogP contribution in [0.15, 0.2) is 24.3 Å². The van der Waals surface area contributed by atoms with Crippen LogP contribution in [-0.2, 0) is 14.6 Å². The lowest BCUT2D eigenvalue weighted by molar-refractivity contribution is -0.114. The van der Waals surface area contributed by atoms with Crippen LogP contribution in [-0.4, -0.2) is 43.1 Å². The number of nitrogens with one attached hydrogen (secondary N) is 2. The normalized spacial score (nSPS) is 24.9. The van der Waals surface area contributed by atoms with E-state index in [4.69, 9.17) is 0 Å². The number of rotatable bonds is 3. The zero-order valence-electron chi connectivity index (χ0n) is 10.5. The van der Waals surface area contributed by atoms with E-state index in [2.05, 4.69) is 10.6 Å². The Labute approximate surface area is 111 Å². The van der Waals surface area contributed by atoms with Crippen molar-refractivity contribution in [2.45, 2.75) is 19.1 Å². The molecular weight excluding hydrogens is 268 g/mol. The zero-order chi connectivity index (χ0) is 14.0. The van der Waals surface area contributed by atoms with E-state index in [9.17, 15) is 18.3 Å². The fraction of sp³-hybridized carbons (Fsp3) is 0.417. The first-order valence-corrected chi connectivity index (χ1v) is 7.70. The van der Waals surface area contributed by atoms with E-state index < -0.39 is 22.0 Å².